The van der Waals surface area contributed by atoms with Crippen molar-refractivity contribution in [1.82, 2.24) is 20.2 Å². The van der Waals surface area contributed by atoms with E-state index in [0.29, 0.717) is 10.0 Å². The number of aromatic amines is 1. The number of fused-ring (bicyclic) bond motifs is 1. The van der Waals surface area contributed by atoms with Crippen LogP contribution in [0.1, 0.15) is 20.8 Å². The smallest absolute Gasteiger partial charge is 0.267 e. The molecule has 3 aromatic heterocycles. The molecule has 1 amide bonds. The predicted molar refractivity (Wildman–Crippen MR) is 103 cm³/mol. The molecule has 0 unspecified atom stereocenters. The summed E-state index contributed by atoms with van der Waals surface area (Å²) in [6.07, 6.45) is 4.98. The number of nitrogens with one attached hydrogen (secondary N) is 3. The topological polar surface area (TPSA) is 95.6 Å². The minimum Gasteiger partial charge on any atom is -0.320 e. The molecule has 130 valence electrons. The fourth-order valence-corrected chi connectivity index (χ4v) is 3.33. The summed E-state index contributed by atoms with van der Waals surface area (Å²) in [5.74, 6) is 0.526. The van der Waals surface area contributed by atoms with Crippen LogP contribution in [0.4, 0.5) is 16.6 Å². The van der Waals surface area contributed by atoms with E-state index in [-0.39, 0.29) is 5.91 Å². The number of hydrogen-bond donors (Lipinski definition) is 3. The van der Waals surface area contributed by atoms with Crippen molar-refractivity contribution in [3.8, 4) is 0 Å². The molecule has 0 aliphatic carbocycles. The van der Waals surface area contributed by atoms with Gasteiger partial charge >= 0.3 is 0 Å². The van der Waals surface area contributed by atoms with Crippen LogP contribution in [0, 0.1) is 13.8 Å². The first kappa shape index (κ1) is 16.2. The molecule has 0 aliphatic rings. The van der Waals surface area contributed by atoms with Crippen molar-refractivity contribution >= 4 is 44.8 Å². The van der Waals surface area contributed by atoms with E-state index in [1.54, 1.807) is 18.6 Å². The van der Waals surface area contributed by atoms with Gasteiger partial charge in [0.2, 0.25) is 0 Å². The molecule has 26 heavy (non-hydrogen) atoms. The van der Waals surface area contributed by atoms with Crippen molar-refractivity contribution in [3.63, 3.8) is 0 Å². The van der Waals surface area contributed by atoms with Gasteiger partial charge in [0.05, 0.1) is 23.6 Å². The molecule has 3 N–H and O–H groups in total. The Morgan fingerprint density at radius 3 is 2.85 bits per heavy atom. The average molecular weight is 364 g/mol. The fraction of sp³-hybridized carbons (Fsp3) is 0.111. The number of pyridine rings is 1. The monoisotopic (exact) mass is 364 g/mol. The minimum atomic E-state index is -0.204. The van der Waals surface area contributed by atoms with Gasteiger partial charge in [-0.3, -0.25) is 9.89 Å². The van der Waals surface area contributed by atoms with Crippen LogP contribution < -0.4 is 10.6 Å². The van der Waals surface area contributed by atoms with E-state index in [9.17, 15) is 4.79 Å². The predicted octanol–water partition coefficient (Wildman–Crippen LogP) is 4.03. The van der Waals surface area contributed by atoms with Crippen LogP contribution in [0.5, 0.6) is 0 Å². The highest BCUT2D eigenvalue weighted by molar-refractivity contribution is 7.17. The van der Waals surface area contributed by atoms with E-state index in [1.807, 2.05) is 38.1 Å². The van der Waals surface area contributed by atoms with Gasteiger partial charge < -0.3 is 10.6 Å². The van der Waals surface area contributed by atoms with Crippen LogP contribution in [0.15, 0.2) is 42.9 Å². The average Bonchev–Trinajstić information content (AvgIpc) is 3.29. The van der Waals surface area contributed by atoms with E-state index >= 15 is 0 Å². The molecule has 0 radical (unpaired) electrons. The fourth-order valence-electron chi connectivity index (χ4n) is 2.62. The summed E-state index contributed by atoms with van der Waals surface area (Å²) in [6, 6.07) is 7.72. The number of nitrogens with zero attached hydrogens (tertiary/aromatic N) is 3. The van der Waals surface area contributed by atoms with Gasteiger partial charge in [-0.1, -0.05) is 23.5 Å². The number of thiazole rings is 1. The summed E-state index contributed by atoms with van der Waals surface area (Å²) < 4.78 is 0. The molecule has 1 aromatic carbocycles. The first-order valence-corrected chi connectivity index (χ1v) is 8.82. The lowest BCUT2D eigenvalue weighted by Gasteiger charge is -2.08. The summed E-state index contributed by atoms with van der Waals surface area (Å²) in [5, 5.41) is 14.6. The summed E-state index contributed by atoms with van der Waals surface area (Å²) in [4.78, 5) is 21.7. The molecule has 0 fully saturated rings. The molecule has 0 atom stereocenters. The summed E-state index contributed by atoms with van der Waals surface area (Å²) in [6.45, 7) is 3.91. The number of H-pyrrole nitrogens is 1. The Hall–Kier alpha value is -3.26. The number of benzene rings is 1. The second-order valence-corrected chi connectivity index (χ2v) is 6.90. The van der Waals surface area contributed by atoms with Crippen LogP contribution in [-0.4, -0.2) is 26.1 Å². The van der Waals surface area contributed by atoms with Crippen molar-refractivity contribution in [2.75, 3.05) is 10.6 Å². The third kappa shape index (κ3) is 3.02. The Bertz CT molecular complexity index is 1100. The van der Waals surface area contributed by atoms with Crippen LogP contribution in [0.25, 0.3) is 10.9 Å². The Kier molecular flexibility index (Phi) is 4.10. The zero-order chi connectivity index (χ0) is 18.1. The van der Waals surface area contributed by atoms with Gasteiger partial charge in [-0.05, 0) is 37.1 Å². The highest BCUT2D eigenvalue weighted by Gasteiger charge is 2.15. The summed E-state index contributed by atoms with van der Waals surface area (Å²) in [5.41, 5.74) is 3.61. The molecule has 0 saturated heterocycles. The molecule has 0 spiro atoms. The van der Waals surface area contributed by atoms with Gasteiger partial charge in [0.15, 0.2) is 5.13 Å². The SMILES string of the molecule is Cc1cccnc1Nc1ncc(C(=O)Nc2c(C)ccc3[nH]ncc23)s1. The number of rotatable bonds is 4. The second kappa shape index (κ2) is 6.57. The van der Waals surface area contributed by atoms with E-state index in [4.69, 9.17) is 0 Å². The molecule has 0 saturated carbocycles. The molecule has 0 bridgehead atoms. The lowest BCUT2D eigenvalue weighted by Crippen LogP contribution is -2.11. The normalized spacial score (nSPS) is 10.8. The van der Waals surface area contributed by atoms with Crippen molar-refractivity contribution in [1.29, 1.82) is 0 Å². The van der Waals surface area contributed by atoms with Gasteiger partial charge in [-0.2, -0.15) is 5.10 Å². The molecule has 4 aromatic rings. The Labute approximate surface area is 153 Å². The number of anilines is 3. The van der Waals surface area contributed by atoms with E-state index in [1.165, 1.54) is 11.3 Å². The minimum absolute atomic E-state index is 0.204. The number of hydrogen-bond acceptors (Lipinski definition) is 6. The number of carbonyl (C=O) groups is 1. The van der Waals surface area contributed by atoms with Crippen LogP contribution in [0.3, 0.4) is 0 Å². The first-order chi connectivity index (χ1) is 12.6. The second-order valence-electron chi connectivity index (χ2n) is 5.87. The maximum atomic E-state index is 12.6. The molecule has 7 nitrogen and oxygen atoms in total. The number of aromatic nitrogens is 4. The highest BCUT2D eigenvalue weighted by Crippen LogP contribution is 2.28. The molecule has 3 heterocycles. The third-order valence-electron chi connectivity index (χ3n) is 4.04. The van der Waals surface area contributed by atoms with Crippen LogP contribution >= 0.6 is 11.3 Å². The lowest BCUT2D eigenvalue weighted by molar-refractivity contribution is 0.103. The number of amides is 1. The van der Waals surface area contributed by atoms with Gasteiger partial charge in [-0.15, -0.1) is 0 Å². The first-order valence-electron chi connectivity index (χ1n) is 8.00. The van der Waals surface area contributed by atoms with Crippen molar-refractivity contribution in [2.45, 2.75) is 13.8 Å². The summed E-state index contributed by atoms with van der Waals surface area (Å²) >= 11 is 1.28. The number of carbonyl (C=O) groups excluding carboxylic acids is 1. The third-order valence-corrected chi connectivity index (χ3v) is 4.95. The quantitative estimate of drug-likeness (QED) is 0.508. The van der Waals surface area contributed by atoms with Crippen molar-refractivity contribution in [2.24, 2.45) is 0 Å². The molecule has 0 aliphatic heterocycles. The van der Waals surface area contributed by atoms with Crippen molar-refractivity contribution < 1.29 is 4.79 Å². The van der Waals surface area contributed by atoms with Crippen LogP contribution in [-0.2, 0) is 0 Å². The molecular weight excluding hydrogens is 348 g/mol. The van der Waals surface area contributed by atoms with Crippen molar-refractivity contribution in [3.05, 3.63) is 58.9 Å². The Morgan fingerprint density at radius 1 is 1.12 bits per heavy atom. The van der Waals surface area contributed by atoms with E-state index in [2.05, 4.69) is 30.8 Å². The Balaban J connectivity index is 1.56. The van der Waals surface area contributed by atoms with Gasteiger partial charge in [-0.25, -0.2) is 9.97 Å². The largest absolute Gasteiger partial charge is 0.320 e. The maximum absolute atomic E-state index is 12.6. The van der Waals surface area contributed by atoms with Gasteiger partial charge in [0.25, 0.3) is 5.91 Å². The molecule has 4 rings (SSSR count). The standard InChI is InChI=1S/C18H16N6OS/c1-10-5-6-13-12(8-21-24-13)15(10)22-17(25)14-9-20-18(26-14)23-16-11(2)4-3-7-19-16/h3-9H,1-2H3,(H,21,24)(H,22,25)(H,19,20,23). The molecule has 8 heteroatoms. The lowest BCUT2D eigenvalue weighted by atomic mass is 10.1. The zero-order valence-corrected chi connectivity index (χ0v) is 15.0. The zero-order valence-electron chi connectivity index (χ0n) is 14.2. The number of aryl methyl sites for hydroxylation is 2. The van der Waals surface area contributed by atoms with Crippen LogP contribution in [0.2, 0.25) is 0 Å². The summed E-state index contributed by atoms with van der Waals surface area (Å²) in [7, 11) is 0. The Morgan fingerprint density at radius 2 is 2.00 bits per heavy atom. The maximum Gasteiger partial charge on any atom is 0.267 e. The van der Waals surface area contributed by atoms with Gasteiger partial charge in [0, 0.05) is 11.6 Å². The highest BCUT2D eigenvalue weighted by atomic mass is 32.1. The molecular formula is C18H16N6OS. The van der Waals surface area contributed by atoms with E-state index in [0.717, 1.165) is 33.5 Å². The van der Waals surface area contributed by atoms with E-state index < -0.39 is 0 Å². The van der Waals surface area contributed by atoms with Gasteiger partial charge in [0.1, 0.15) is 10.7 Å².